The van der Waals surface area contributed by atoms with Crippen molar-refractivity contribution in [3.05, 3.63) is 41.5 Å². The van der Waals surface area contributed by atoms with Gasteiger partial charge in [-0.25, -0.2) is 22.0 Å². The van der Waals surface area contributed by atoms with Crippen molar-refractivity contribution in [2.45, 2.75) is 22.5 Å². The number of aliphatic carboxylic acids is 1. The van der Waals surface area contributed by atoms with Gasteiger partial charge in [0.05, 0.1) is 17.0 Å². The van der Waals surface area contributed by atoms with E-state index < -0.39 is 41.8 Å². The lowest BCUT2D eigenvalue weighted by Gasteiger charge is -2.16. The largest absolute Gasteiger partial charge is 0.542 e. The van der Waals surface area contributed by atoms with Crippen LogP contribution in [0.3, 0.4) is 0 Å². The maximum atomic E-state index is 12.8. The second-order valence-electron chi connectivity index (χ2n) is 7.61. The summed E-state index contributed by atoms with van der Waals surface area (Å²) in [6.45, 7) is 0.356. The van der Waals surface area contributed by atoms with Gasteiger partial charge in [0.25, 0.3) is 5.91 Å². The molecular formula is C19H18F3N7O7S2. The number of halogens is 3. The number of aromatic amines is 1. The summed E-state index contributed by atoms with van der Waals surface area (Å²) in [6.07, 6.45) is -5.19. The first kappa shape index (κ1) is 28.6. The zero-order chi connectivity index (χ0) is 28.5. The molecule has 0 spiro atoms. The fourth-order valence-corrected chi connectivity index (χ4v) is 6.34. The number of tetrazole rings is 1. The van der Waals surface area contributed by atoms with Crippen LogP contribution in [0.1, 0.15) is 15.9 Å². The third-order valence-corrected chi connectivity index (χ3v) is 8.01. The number of fused-ring (bicyclic) bond motifs is 1. The molecule has 4 rings (SSSR count). The van der Waals surface area contributed by atoms with Crippen LogP contribution < -0.4 is 21.3 Å². The lowest BCUT2D eigenvalue weighted by Crippen LogP contribution is -2.53. The Kier molecular flexibility index (Phi) is 7.86. The number of alkyl halides is 3. The number of carboxylic acid groups (broad SMARTS) is 1. The molecule has 2 aromatic carbocycles. The number of sulfone groups is 1. The average Bonchev–Trinajstić information content (AvgIpc) is 3.47. The van der Waals surface area contributed by atoms with Gasteiger partial charge in [-0.1, -0.05) is 12.1 Å². The van der Waals surface area contributed by atoms with Crippen molar-refractivity contribution in [3.8, 4) is 22.5 Å². The van der Waals surface area contributed by atoms with E-state index in [9.17, 15) is 34.8 Å². The van der Waals surface area contributed by atoms with E-state index in [1.165, 1.54) is 12.1 Å². The Morgan fingerprint density at radius 1 is 1.13 bits per heavy atom. The zero-order valence-electron chi connectivity index (χ0n) is 18.9. The second-order valence-corrected chi connectivity index (χ2v) is 11.2. The molecule has 0 bridgehead atoms. The number of primary sulfonamides is 1. The highest BCUT2D eigenvalue weighted by Crippen LogP contribution is 2.39. The summed E-state index contributed by atoms with van der Waals surface area (Å²) < 4.78 is 82.3. The molecule has 1 aliphatic heterocycles. The number of benzene rings is 2. The van der Waals surface area contributed by atoms with Crippen LogP contribution in [0.2, 0.25) is 0 Å². The number of quaternary nitrogens is 1. The molecule has 7 N–H and O–H groups in total. The summed E-state index contributed by atoms with van der Waals surface area (Å²) in [5.74, 6) is -3.72. The molecular weight excluding hydrogens is 559 g/mol. The molecule has 3 aromatic rings. The highest BCUT2D eigenvalue weighted by Gasteiger charge is 2.32. The van der Waals surface area contributed by atoms with Crippen molar-refractivity contribution in [1.82, 2.24) is 25.9 Å². The van der Waals surface area contributed by atoms with Crippen LogP contribution in [0, 0.1) is 0 Å². The molecule has 0 saturated carbocycles. The van der Waals surface area contributed by atoms with Crippen LogP contribution in [0.15, 0.2) is 40.1 Å². The monoisotopic (exact) mass is 577 g/mol. The molecule has 0 unspecified atom stereocenters. The van der Waals surface area contributed by atoms with Gasteiger partial charge in [-0.05, 0) is 40.1 Å². The molecule has 38 heavy (non-hydrogen) atoms. The average molecular weight is 578 g/mol. The number of nitrogens with zero attached hydrogens (tertiary/aromatic N) is 3. The van der Waals surface area contributed by atoms with E-state index >= 15 is 0 Å². The Morgan fingerprint density at radius 3 is 2.29 bits per heavy atom. The predicted molar refractivity (Wildman–Crippen MR) is 118 cm³/mol. The van der Waals surface area contributed by atoms with Crippen LogP contribution >= 0.6 is 0 Å². The van der Waals surface area contributed by atoms with Gasteiger partial charge < -0.3 is 21.0 Å². The van der Waals surface area contributed by atoms with Crippen LogP contribution in [-0.2, 0) is 31.2 Å². The SMILES string of the molecule is NS(=O)(=O)c1c(S(=O)(=O)CC[NH3+])ccc(-c2ccc3c(c2)CNC3=O)c1-c1nn[nH]n1.O=C([O-])C(F)(F)F. The molecule has 0 aliphatic carbocycles. The Bertz CT molecular complexity index is 1610. The summed E-state index contributed by atoms with van der Waals surface area (Å²) in [5.41, 5.74) is 5.50. The Morgan fingerprint density at radius 2 is 1.76 bits per heavy atom. The zero-order valence-corrected chi connectivity index (χ0v) is 20.6. The van der Waals surface area contributed by atoms with Gasteiger partial charge in [-0.2, -0.15) is 18.4 Å². The van der Waals surface area contributed by atoms with E-state index in [1.807, 2.05) is 0 Å². The van der Waals surface area contributed by atoms with Crippen molar-refractivity contribution in [3.63, 3.8) is 0 Å². The molecule has 0 fully saturated rings. The Labute approximate surface area is 212 Å². The molecule has 2 heterocycles. The van der Waals surface area contributed by atoms with E-state index in [2.05, 4.69) is 31.7 Å². The van der Waals surface area contributed by atoms with Crippen molar-refractivity contribution in [2.24, 2.45) is 5.14 Å². The van der Waals surface area contributed by atoms with E-state index in [4.69, 9.17) is 15.0 Å². The Hall–Kier alpha value is -3.94. The van der Waals surface area contributed by atoms with Gasteiger partial charge in [0.2, 0.25) is 15.8 Å². The summed E-state index contributed by atoms with van der Waals surface area (Å²) in [4.78, 5) is 19.6. The maximum absolute atomic E-state index is 12.8. The van der Waals surface area contributed by atoms with Crippen molar-refractivity contribution in [2.75, 3.05) is 12.3 Å². The molecule has 14 nitrogen and oxygen atoms in total. The lowest BCUT2D eigenvalue weighted by molar-refractivity contribution is -0.360. The smallest absolute Gasteiger partial charge is 0.430 e. The summed E-state index contributed by atoms with van der Waals surface area (Å²) in [5, 5.41) is 30.4. The number of hydrogen-bond donors (Lipinski definition) is 4. The number of rotatable bonds is 6. The lowest BCUT2D eigenvalue weighted by atomic mass is 9.96. The Balaban J connectivity index is 0.000000505. The first-order chi connectivity index (χ1) is 17.6. The minimum absolute atomic E-state index is 0.0392. The number of nitrogens with one attached hydrogen (secondary N) is 2. The highest BCUT2D eigenvalue weighted by molar-refractivity contribution is 7.93. The standard InChI is InChI=1S/C17H17N7O5S2.C2HF3O2/c18-5-6-30(26,27)13-4-3-11(9-1-2-12-10(7-9)8-20-17(12)25)14(15(13)31(19,28)29)16-21-23-24-22-16;3-2(4,5)1(6)7/h1-4,7H,5-6,8,18H2,(H,20,25)(H2,19,28,29)(H,21,22,23,24);(H,6,7). The first-order valence-electron chi connectivity index (χ1n) is 10.2. The summed E-state index contributed by atoms with van der Waals surface area (Å²) >= 11 is 0. The number of amides is 1. The molecule has 204 valence electrons. The minimum Gasteiger partial charge on any atom is -0.542 e. The fraction of sp³-hybridized carbons (Fsp3) is 0.211. The van der Waals surface area contributed by atoms with Gasteiger partial charge in [-0.15, -0.1) is 10.2 Å². The number of sulfonamides is 1. The molecule has 0 atom stereocenters. The number of H-pyrrole nitrogens is 1. The van der Waals surface area contributed by atoms with Gasteiger partial charge in [-0.3, -0.25) is 4.79 Å². The minimum atomic E-state index is -5.19. The fourth-order valence-electron chi connectivity index (χ4n) is 3.52. The topological polar surface area (TPSA) is 246 Å². The normalized spacial score (nSPS) is 13.3. The van der Waals surface area contributed by atoms with Gasteiger partial charge in [0.1, 0.15) is 16.6 Å². The number of hydrogen-bond acceptors (Lipinski definition) is 10. The molecule has 19 heteroatoms. The van der Waals surface area contributed by atoms with E-state index in [1.54, 1.807) is 18.2 Å². The summed E-state index contributed by atoms with van der Waals surface area (Å²) in [6, 6.07) is 7.60. The van der Waals surface area contributed by atoms with E-state index in [0.717, 1.165) is 0 Å². The summed E-state index contributed by atoms with van der Waals surface area (Å²) in [7, 11) is -8.55. The molecule has 1 aliphatic rings. The van der Waals surface area contributed by atoms with Crippen LogP contribution in [-0.4, -0.2) is 67.8 Å². The predicted octanol–water partition coefficient (Wildman–Crippen LogP) is -2.26. The van der Waals surface area contributed by atoms with E-state index in [-0.39, 0.29) is 29.6 Å². The van der Waals surface area contributed by atoms with Gasteiger partial charge >= 0.3 is 6.18 Å². The molecule has 1 aromatic heterocycles. The van der Waals surface area contributed by atoms with Crippen LogP contribution in [0.25, 0.3) is 22.5 Å². The molecule has 1 amide bonds. The first-order valence-corrected chi connectivity index (χ1v) is 13.4. The van der Waals surface area contributed by atoms with Crippen molar-refractivity contribution >= 4 is 31.7 Å². The van der Waals surface area contributed by atoms with Gasteiger partial charge in [0.15, 0.2) is 9.84 Å². The quantitative estimate of drug-likeness (QED) is 0.245. The van der Waals surface area contributed by atoms with Crippen molar-refractivity contribution < 1.29 is 50.4 Å². The van der Waals surface area contributed by atoms with E-state index in [0.29, 0.717) is 28.8 Å². The van der Waals surface area contributed by atoms with Crippen LogP contribution in [0.5, 0.6) is 0 Å². The number of carbonyl (C=O) groups is 2. The third kappa shape index (κ3) is 5.96. The van der Waals surface area contributed by atoms with Crippen LogP contribution in [0.4, 0.5) is 13.2 Å². The number of nitrogens with two attached hydrogens (primary N) is 1. The number of aromatic nitrogens is 4. The third-order valence-electron chi connectivity index (χ3n) is 5.05. The molecule has 0 radical (unpaired) electrons. The number of carbonyl (C=O) groups excluding carboxylic acids is 2. The maximum Gasteiger partial charge on any atom is 0.430 e. The highest BCUT2D eigenvalue weighted by atomic mass is 32.2. The number of carboxylic acids is 1. The van der Waals surface area contributed by atoms with Gasteiger partial charge in [0, 0.05) is 12.1 Å². The second kappa shape index (κ2) is 10.4. The molecule has 0 saturated heterocycles. The van der Waals surface area contributed by atoms with Crippen molar-refractivity contribution in [1.29, 1.82) is 0 Å².